The van der Waals surface area contributed by atoms with E-state index >= 15 is 0 Å². The van der Waals surface area contributed by atoms with Crippen LogP contribution in [0.2, 0.25) is 6.55 Å². The standard InChI is InChI=1S/C9H24N2Si2/c1-8(2,3)10-12-11(13(10)7)9(4,5)6/h13H,12H2,1-7H3. The molecule has 0 amide bonds. The highest BCUT2D eigenvalue weighted by atomic mass is 28.4. The van der Waals surface area contributed by atoms with Crippen molar-refractivity contribution in [1.29, 1.82) is 0 Å². The molecule has 0 atom stereocenters. The van der Waals surface area contributed by atoms with Gasteiger partial charge >= 0.3 is 0 Å². The second-order valence-electron chi connectivity index (χ2n) is 6.05. The van der Waals surface area contributed by atoms with Gasteiger partial charge in [-0.1, -0.05) is 0 Å². The molecule has 1 heterocycles. The van der Waals surface area contributed by atoms with E-state index in [1.165, 1.54) is 0 Å². The summed E-state index contributed by atoms with van der Waals surface area (Å²) < 4.78 is 5.61. The quantitative estimate of drug-likeness (QED) is 0.559. The Hall–Kier alpha value is 0.354. The van der Waals surface area contributed by atoms with E-state index in [0.717, 1.165) is 0 Å². The van der Waals surface area contributed by atoms with Crippen molar-refractivity contribution in [2.45, 2.75) is 59.2 Å². The average molecular weight is 216 g/mol. The van der Waals surface area contributed by atoms with Crippen molar-refractivity contribution in [2.24, 2.45) is 0 Å². The number of rotatable bonds is 0. The van der Waals surface area contributed by atoms with E-state index in [9.17, 15) is 0 Å². The molecule has 0 aromatic carbocycles. The Morgan fingerprint density at radius 1 is 0.846 bits per heavy atom. The van der Waals surface area contributed by atoms with Gasteiger partial charge in [-0.05, 0) is 48.1 Å². The van der Waals surface area contributed by atoms with Crippen molar-refractivity contribution in [2.75, 3.05) is 0 Å². The van der Waals surface area contributed by atoms with Crippen LogP contribution in [0.5, 0.6) is 0 Å². The fraction of sp³-hybridized carbons (Fsp3) is 1.00. The fourth-order valence-corrected chi connectivity index (χ4v) is 8.50. The highest BCUT2D eigenvalue weighted by Crippen LogP contribution is 2.29. The van der Waals surface area contributed by atoms with Crippen LogP contribution < -0.4 is 0 Å². The molecule has 4 heteroatoms. The maximum Gasteiger partial charge on any atom is 0.175 e. The molecular weight excluding hydrogens is 192 g/mol. The van der Waals surface area contributed by atoms with E-state index < -0.39 is 9.12 Å². The Kier molecular flexibility index (Phi) is 2.80. The van der Waals surface area contributed by atoms with Gasteiger partial charge in [0.2, 0.25) is 0 Å². The molecule has 2 nitrogen and oxygen atoms in total. The smallest absolute Gasteiger partial charge is 0.175 e. The zero-order chi connectivity index (χ0) is 10.4. The molecule has 0 bridgehead atoms. The third kappa shape index (κ3) is 2.23. The minimum Gasteiger partial charge on any atom is -0.325 e. The van der Waals surface area contributed by atoms with Crippen LogP contribution in [0.4, 0.5) is 0 Å². The maximum atomic E-state index is 2.80. The zero-order valence-corrected chi connectivity index (χ0v) is 12.7. The first-order valence-corrected chi connectivity index (χ1v) is 8.63. The lowest BCUT2D eigenvalue weighted by Crippen LogP contribution is -2.77. The van der Waals surface area contributed by atoms with Gasteiger partial charge < -0.3 is 8.46 Å². The molecular formula is C9H24N2Si2. The van der Waals surface area contributed by atoms with E-state index in [-0.39, 0.29) is 9.84 Å². The molecule has 1 fully saturated rings. The molecule has 1 saturated heterocycles. The summed E-state index contributed by atoms with van der Waals surface area (Å²) in [5, 5.41) is 0. The number of hydrogen-bond acceptors (Lipinski definition) is 2. The Bertz CT molecular complexity index is 173. The minimum absolute atomic E-state index is 0.0945. The number of nitrogens with zero attached hydrogens (tertiary/aromatic N) is 2. The Morgan fingerprint density at radius 2 is 1.15 bits per heavy atom. The molecule has 13 heavy (non-hydrogen) atoms. The van der Waals surface area contributed by atoms with Gasteiger partial charge in [-0.15, -0.1) is 0 Å². The van der Waals surface area contributed by atoms with Crippen molar-refractivity contribution in [3.8, 4) is 0 Å². The molecule has 0 aromatic heterocycles. The molecule has 0 unspecified atom stereocenters. The monoisotopic (exact) mass is 216 g/mol. The van der Waals surface area contributed by atoms with Crippen molar-refractivity contribution in [3.05, 3.63) is 0 Å². The first-order valence-electron chi connectivity index (χ1n) is 5.17. The average Bonchev–Trinajstić information content (AvgIpc) is 1.77. The Balaban J connectivity index is 2.58. The molecule has 0 spiro atoms. The first kappa shape index (κ1) is 11.4. The summed E-state index contributed by atoms with van der Waals surface area (Å²) in [5.41, 5.74) is 0.860. The molecule has 78 valence electrons. The Morgan fingerprint density at radius 3 is 1.31 bits per heavy atom. The van der Waals surface area contributed by atoms with Gasteiger partial charge in [0.25, 0.3) is 0 Å². The van der Waals surface area contributed by atoms with Crippen molar-refractivity contribution in [3.63, 3.8) is 0 Å². The largest absolute Gasteiger partial charge is 0.325 e. The molecule has 0 N–H and O–H groups in total. The molecule has 0 aliphatic carbocycles. The van der Waals surface area contributed by atoms with Crippen molar-refractivity contribution in [1.82, 2.24) is 8.46 Å². The number of hydrogen-bond donors (Lipinski definition) is 0. The van der Waals surface area contributed by atoms with Crippen LogP contribution in [0, 0.1) is 0 Å². The van der Waals surface area contributed by atoms with E-state index in [0.29, 0.717) is 11.1 Å². The molecule has 1 aliphatic rings. The first-order chi connectivity index (χ1) is 5.64. The predicted octanol–water partition coefficient (Wildman–Crippen LogP) is 1.05. The van der Waals surface area contributed by atoms with Gasteiger partial charge in [-0.25, -0.2) is 0 Å². The molecule has 1 rings (SSSR count). The summed E-state index contributed by atoms with van der Waals surface area (Å²) in [7, 11) is -0.815. The summed E-state index contributed by atoms with van der Waals surface area (Å²) in [6, 6.07) is 0. The van der Waals surface area contributed by atoms with E-state index in [2.05, 4.69) is 56.6 Å². The molecule has 0 aromatic rings. The summed E-state index contributed by atoms with van der Waals surface area (Å²) in [6.07, 6.45) is 0. The Labute approximate surface area is 87.0 Å². The van der Waals surface area contributed by atoms with Gasteiger partial charge in [0.15, 0.2) is 19.0 Å². The predicted molar refractivity (Wildman–Crippen MR) is 64.7 cm³/mol. The van der Waals surface area contributed by atoms with Gasteiger partial charge in [-0.3, -0.25) is 0 Å². The van der Waals surface area contributed by atoms with Crippen LogP contribution >= 0.6 is 0 Å². The summed E-state index contributed by atoms with van der Waals surface area (Å²) >= 11 is 0. The van der Waals surface area contributed by atoms with Gasteiger partial charge in [0, 0.05) is 11.1 Å². The lowest BCUT2D eigenvalue weighted by Gasteiger charge is -2.59. The van der Waals surface area contributed by atoms with Crippen LogP contribution in [0.15, 0.2) is 0 Å². The summed E-state index contributed by atoms with van der Waals surface area (Å²) in [4.78, 5) is 0. The van der Waals surface area contributed by atoms with E-state index in [1.54, 1.807) is 0 Å². The third-order valence-electron chi connectivity index (χ3n) is 2.93. The SMILES string of the molecule is C[SiH]1N(C(C)(C)C)[SiH2]N1C(C)(C)C. The van der Waals surface area contributed by atoms with E-state index in [4.69, 9.17) is 0 Å². The summed E-state index contributed by atoms with van der Waals surface area (Å²) in [5.74, 6) is 0. The third-order valence-corrected chi connectivity index (χ3v) is 12.9. The zero-order valence-electron chi connectivity index (χ0n) is 10.2. The van der Waals surface area contributed by atoms with Crippen LogP contribution in [0.3, 0.4) is 0 Å². The van der Waals surface area contributed by atoms with Crippen molar-refractivity contribution >= 4 is 19.0 Å². The normalized spacial score (nSPS) is 29.3. The van der Waals surface area contributed by atoms with Gasteiger partial charge in [0.1, 0.15) is 0 Å². The lowest BCUT2D eigenvalue weighted by molar-refractivity contribution is 0.236. The fourth-order valence-electron chi connectivity index (χ4n) is 2.02. The molecule has 1 aliphatic heterocycles. The molecule has 0 radical (unpaired) electrons. The topological polar surface area (TPSA) is 6.48 Å². The van der Waals surface area contributed by atoms with Crippen LogP contribution in [-0.2, 0) is 0 Å². The second-order valence-corrected chi connectivity index (χ2v) is 11.7. The van der Waals surface area contributed by atoms with Crippen LogP contribution in [0.25, 0.3) is 0 Å². The lowest BCUT2D eigenvalue weighted by atomic mass is 10.1. The highest BCUT2D eigenvalue weighted by Gasteiger charge is 2.45. The minimum atomic E-state index is -0.721. The highest BCUT2D eigenvalue weighted by molar-refractivity contribution is 6.76. The van der Waals surface area contributed by atoms with Crippen LogP contribution in [-0.4, -0.2) is 38.5 Å². The van der Waals surface area contributed by atoms with Crippen molar-refractivity contribution < 1.29 is 0 Å². The van der Waals surface area contributed by atoms with E-state index in [1.807, 2.05) is 0 Å². The maximum absolute atomic E-state index is 2.80. The van der Waals surface area contributed by atoms with Gasteiger partial charge in [0.05, 0.1) is 0 Å². The van der Waals surface area contributed by atoms with Crippen LogP contribution in [0.1, 0.15) is 41.5 Å². The summed E-state index contributed by atoms with van der Waals surface area (Å²) in [6.45, 7) is 16.6. The molecule has 0 saturated carbocycles. The van der Waals surface area contributed by atoms with Gasteiger partial charge in [-0.2, -0.15) is 0 Å². The second kappa shape index (κ2) is 3.19.